The van der Waals surface area contributed by atoms with Gasteiger partial charge in [-0.05, 0) is 144 Å². The Labute approximate surface area is 721 Å². The topological polar surface area (TPSA) is 123 Å². The van der Waals surface area contributed by atoms with Gasteiger partial charge in [-0.3, -0.25) is 0 Å². The van der Waals surface area contributed by atoms with Crippen LogP contribution in [-0.4, -0.2) is 48.2 Å². The summed E-state index contributed by atoms with van der Waals surface area (Å²) in [7, 11) is 0. The summed E-state index contributed by atoms with van der Waals surface area (Å²) in [6.45, 7) is 0. The van der Waals surface area contributed by atoms with E-state index in [2.05, 4.69) is 297 Å². The zero-order valence-electron chi connectivity index (χ0n) is 67.7. The zero-order chi connectivity index (χ0) is 82.9. The van der Waals surface area contributed by atoms with Crippen LogP contribution in [0.25, 0.3) is 244 Å². The maximum atomic E-state index is 6.57. The van der Waals surface area contributed by atoms with Gasteiger partial charge < -0.3 is 27.1 Å². The SMILES string of the molecule is c1ccc(-c2nc(-c3ccccc3)nc(-c3ccc(-n4c5ccccc5c5c(-c6ccc7c(c6)c6ccccc6n7-c6cccc7c6oc6ccccc67)cccc54)cc3)n2)cc1.c1ccc(-c2nc(-c3ccccc3)nc(-c3cccc(-n4c5ccccc5c5c(-c6ccc7c(c6)c6ccccc6n7-c6cccc7c6oc6ccccc67)cccc54)c3)n2)cc1. The van der Waals surface area contributed by atoms with Gasteiger partial charge in [0, 0.05) is 109 Å². The summed E-state index contributed by atoms with van der Waals surface area (Å²) in [5.41, 5.74) is 27.0. The second kappa shape index (κ2) is 29.3. The number of benzene rings is 18. The van der Waals surface area contributed by atoms with Crippen molar-refractivity contribution in [2.45, 2.75) is 0 Å². The van der Waals surface area contributed by atoms with Crippen LogP contribution in [0.2, 0.25) is 0 Å². The molecule has 8 aromatic heterocycles. The Kier molecular flexibility index (Phi) is 16.7. The predicted molar refractivity (Wildman–Crippen MR) is 515 cm³/mol. The van der Waals surface area contributed by atoms with Gasteiger partial charge in [-0.15, -0.1) is 0 Å². The van der Waals surface area contributed by atoms with Gasteiger partial charge in [-0.1, -0.05) is 303 Å². The first-order valence-electron chi connectivity index (χ1n) is 42.4. The monoisotopic (exact) mass is 1610 g/mol. The van der Waals surface area contributed by atoms with E-state index < -0.39 is 0 Å². The Morgan fingerprint density at radius 2 is 0.460 bits per heavy atom. The number of nitrogens with zero attached hydrogens (tertiary/aromatic N) is 10. The molecule has 0 atom stereocenters. The average Bonchev–Trinajstić information content (AvgIpc) is 1.57. The number of rotatable bonds is 12. The van der Waals surface area contributed by atoms with E-state index in [9.17, 15) is 0 Å². The number of aromatic nitrogens is 10. The van der Waals surface area contributed by atoms with Gasteiger partial charge in [0.05, 0.1) is 55.5 Å². The number of hydrogen-bond acceptors (Lipinski definition) is 8. The first-order valence-corrected chi connectivity index (χ1v) is 42.4. The van der Waals surface area contributed by atoms with Crippen molar-refractivity contribution in [1.82, 2.24) is 48.2 Å². The number of fused-ring (bicyclic) bond motifs is 18. The lowest BCUT2D eigenvalue weighted by Gasteiger charge is -2.12. The predicted octanol–water partition coefficient (Wildman–Crippen LogP) is 29.3. The molecule has 0 spiro atoms. The molecule has 0 unspecified atom stereocenters. The molecule has 12 nitrogen and oxygen atoms in total. The van der Waals surface area contributed by atoms with Gasteiger partial charge in [-0.25, -0.2) is 29.9 Å². The fourth-order valence-corrected chi connectivity index (χ4v) is 19.1. The van der Waals surface area contributed by atoms with E-state index in [1.54, 1.807) is 0 Å². The molecule has 0 aliphatic heterocycles. The highest BCUT2D eigenvalue weighted by Crippen LogP contribution is 2.47. The highest BCUT2D eigenvalue weighted by molar-refractivity contribution is 6.21. The summed E-state index contributed by atoms with van der Waals surface area (Å²) >= 11 is 0. The van der Waals surface area contributed by atoms with Crippen LogP contribution in [0.4, 0.5) is 0 Å². The van der Waals surface area contributed by atoms with E-state index in [1.807, 2.05) is 146 Å². The van der Waals surface area contributed by atoms with Crippen molar-refractivity contribution in [3.8, 4) is 113 Å². The lowest BCUT2D eigenvalue weighted by Crippen LogP contribution is -2.01. The van der Waals surface area contributed by atoms with Gasteiger partial charge in [0.25, 0.3) is 0 Å². The lowest BCUT2D eigenvalue weighted by atomic mass is 9.98. The molecule has 0 aliphatic carbocycles. The van der Waals surface area contributed by atoms with E-state index in [0.717, 1.165) is 155 Å². The van der Waals surface area contributed by atoms with Gasteiger partial charge >= 0.3 is 0 Å². The maximum Gasteiger partial charge on any atom is 0.164 e. The Bertz CT molecular complexity index is 8730. The molecule has 18 aromatic carbocycles. The van der Waals surface area contributed by atoms with Crippen LogP contribution in [0, 0.1) is 0 Å². The third-order valence-electron chi connectivity index (χ3n) is 24.8. The zero-order valence-corrected chi connectivity index (χ0v) is 67.7. The summed E-state index contributed by atoms with van der Waals surface area (Å²) in [5.74, 6) is 3.81. The van der Waals surface area contributed by atoms with Crippen molar-refractivity contribution in [2.75, 3.05) is 0 Å². The maximum absolute atomic E-state index is 6.57. The van der Waals surface area contributed by atoms with Crippen LogP contribution in [0.1, 0.15) is 0 Å². The molecule has 0 bridgehead atoms. The van der Waals surface area contributed by atoms with Crippen LogP contribution < -0.4 is 0 Å². The fraction of sp³-hybridized carbons (Fsp3) is 0. The Balaban J connectivity index is 0.000000137. The standard InChI is InChI=1S/2C57H35N5O/c1-3-16-36(17-4-1)55-58-56(37-18-5-2-6-19-37)60-57(59-55)39-20-13-21-40(34-39)61-48-28-11-8-24-45(48)53-41(25-14-29-50(53)61)38-32-33-49-46(35-38)42-22-7-10-27-47(42)62(49)51-30-15-26-44-43-23-9-12-31-52(43)63-54(44)51;1-3-15-36(16-4-1)55-58-56(37-17-5-2-6-18-37)60-57(59-55)38-29-32-40(33-30-38)61-48-25-11-8-21-45(48)53-41(22-13-26-50(53)61)39-31-34-49-46(35-39)42-19-7-10-24-47(42)62(49)51-27-14-23-44-43-20-9-12-28-52(43)63-54(44)51/h2*1-35H. The smallest absolute Gasteiger partial charge is 0.164 e. The van der Waals surface area contributed by atoms with E-state index in [-0.39, 0.29) is 0 Å². The van der Waals surface area contributed by atoms with Crippen LogP contribution >= 0.6 is 0 Å². The van der Waals surface area contributed by atoms with Crippen molar-refractivity contribution in [3.63, 3.8) is 0 Å². The minimum Gasteiger partial charge on any atom is -0.454 e. The molecule has 26 aromatic rings. The minimum atomic E-state index is 0.620. The summed E-state index contributed by atoms with van der Waals surface area (Å²) in [5, 5.41) is 14.0. The first-order chi connectivity index (χ1) is 62.5. The average molecular weight is 1610 g/mol. The lowest BCUT2D eigenvalue weighted by molar-refractivity contribution is 0.666. The molecule has 26 rings (SSSR count). The van der Waals surface area contributed by atoms with Gasteiger partial charge in [0.1, 0.15) is 11.2 Å². The van der Waals surface area contributed by atoms with Crippen molar-refractivity contribution in [3.05, 3.63) is 425 Å². The Hall–Kier alpha value is -17.2. The van der Waals surface area contributed by atoms with Gasteiger partial charge in [-0.2, -0.15) is 0 Å². The molecule has 0 aliphatic rings. The Morgan fingerprint density at radius 3 is 0.881 bits per heavy atom. The van der Waals surface area contributed by atoms with Crippen LogP contribution in [0.3, 0.4) is 0 Å². The third kappa shape index (κ3) is 11.8. The summed E-state index contributed by atoms with van der Waals surface area (Å²) in [6, 6.07) is 149. The molecular formula is C114H70N10O2. The van der Waals surface area contributed by atoms with Crippen molar-refractivity contribution in [2.24, 2.45) is 0 Å². The van der Waals surface area contributed by atoms with Crippen LogP contribution in [-0.2, 0) is 0 Å². The molecule has 0 saturated carbocycles. The number of furan rings is 2. The Morgan fingerprint density at radius 1 is 0.167 bits per heavy atom. The van der Waals surface area contributed by atoms with Crippen molar-refractivity contribution >= 4 is 131 Å². The molecule has 588 valence electrons. The van der Waals surface area contributed by atoms with E-state index >= 15 is 0 Å². The fourth-order valence-electron chi connectivity index (χ4n) is 19.1. The largest absolute Gasteiger partial charge is 0.454 e. The van der Waals surface area contributed by atoms with Crippen LogP contribution in [0.15, 0.2) is 433 Å². The van der Waals surface area contributed by atoms with E-state index in [1.165, 1.54) is 54.2 Å². The normalized spacial score (nSPS) is 11.8. The molecule has 126 heavy (non-hydrogen) atoms. The second-order valence-corrected chi connectivity index (χ2v) is 32.0. The van der Waals surface area contributed by atoms with E-state index in [4.69, 9.17) is 38.7 Å². The van der Waals surface area contributed by atoms with Crippen molar-refractivity contribution in [1.29, 1.82) is 0 Å². The first kappa shape index (κ1) is 71.7. The summed E-state index contributed by atoms with van der Waals surface area (Å²) in [4.78, 5) is 29.9. The molecule has 0 amide bonds. The molecule has 0 fully saturated rings. The van der Waals surface area contributed by atoms with Crippen LogP contribution in [0.5, 0.6) is 0 Å². The number of para-hydroxylation sites is 8. The third-order valence-corrected chi connectivity index (χ3v) is 24.8. The highest BCUT2D eigenvalue weighted by atomic mass is 16.3. The molecule has 0 radical (unpaired) electrons. The van der Waals surface area contributed by atoms with Gasteiger partial charge in [0.15, 0.2) is 46.1 Å². The van der Waals surface area contributed by atoms with Crippen molar-refractivity contribution < 1.29 is 8.83 Å². The van der Waals surface area contributed by atoms with E-state index in [0.29, 0.717) is 34.9 Å². The summed E-state index contributed by atoms with van der Waals surface area (Å²) < 4.78 is 22.6. The quantitative estimate of drug-likeness (QED) is 0.118. The molecule has 12 heteroatoms. The minimum absolute atomic E-state index is 0.620. The second-order valence-electron chi connectivity index (χ2n) is 32.0. The molecule has 0 saturated heterocycles. The molecular weight excluding hydrogens is 1540 g/mol. The number of hydrogen-bond donors (Lipinski definition) is 0. The molecule has 0 N–H and O–H groups in total. The molecule has 8 heterocycles. The highest BCUT2D eigenvalue weighted by Gasteiger charge is 2.26. The van der Waals surface area contributed by atoms with Gasteiger partial charge in [0.2, 0.25) is 0 Å². The summed E-state index contributed by atoms with van der Waals surface area (Å²) in [6.07, 6.45) is 0.